The first-order chi connectivity index (χ1) is 5.79. The maximum absolute atomic E-state index is 12.7. The van der Waals surface area contributed by atoms with Crippen molar-refractivity contribution >= 4 is 17.0 Å². The molecule has 2 heteroatoms. The maximum atomic E-state index is 12.7. The number of fused-ring (bicyclic) bond motifs is 1. The minimum Gasteiger partial charge on any atom is -0.457 e. The van der Waals surface area contributed by atoms with Crippen molar-refractivity contribution in [3.05, 3.63) is 42.4 Å². The van der Waals surface area contributed by atoms with Crippen LogP contribution in [0.2, 0.25) is 0 Å². The average Bonchev–Trinajstić information content (AvgIpc) is 2.46. The Bertz CT molecular complexity index is 428. The molecule has 0 amide bonds. The van der Waals surface area contributed by atoms with Crippen molar-refractivity contribution in [1.82, 2.24) is 0 Å². The van der Waals surface area contributed by atoms with Gasteiger partial charge in [0.25, 0.3) is 0 Å². The van der Waals surface area contributed by atoms with Crippen molar-refractivity contribution in [3.63, 3.8) is 0 Å². The fourth-order valence-corrected chi connectivity index (χ4v) is 1.14. The molecule has 60 valence electrons. The predicted octanol–water partition coefficient (Wildman–Crippen LogP) is 3.21. The van der Waals surface area contributed by atoms with Gasteiger partial charge in [-0.15, -0.1) is 0 Å². The standard InChI is InChI=1S/C10H7FO/c1-2-9-6-7-5-8(11)3-4-10(7)12-9/h2-6H,1H2. The molecular formula is C10H7FO. The van der Waals surface area contributed by atoms with E-state index >= 15 is 0 Å². The highest BCUT2D eigenvalue weighted by atomic mass is 19.1. The lowest BCUT2D eigenvalue weighted by Gasteiger charge is -1.86. The molecule has 0 saturated carbocycles. The number of halogens is 1. The van der Waals surface area contributed by atoms with Gasteiger partial charge in [-0.1, -0.05) is 6.58 Å². The lowest BCUT2D eigenvalue weighted by atomic mass is 10.2. The van der Waals surface area contributed by atoms with Crippen LogP contribution in [-0.4, -0.2) is 0 Å². The van der Waals surface area contributed by atoms with Crippen LogP contribution in [0.4, 0.5) is 4.39 Å². The summed E-state index contributed by atoms with van der Waals surface area (Å²) in [7, 11) is 0. The van der Waals surface area contributed by atoms with Gasteiger partial charge in [0.2, 0.25) is 0 Å². The zero-order valence-electron chi connectivity index (χ0n) is 6.38. The van der Waals surface area contributed by atoms with E-state index in [-0.39, 0.29) is 5.82 Å². The smallest absolute Gasteiger partial charge is 0.134 e. The Morgan fingerprint density at radius 3 is 2.92 bits per heavy atom. The number of rotatable bonds is 1. The average molecular weight is 162 g/mol. The van der Waals surface area contributed by atoms with Crippen molar-refractivity contribution in [3.8, 4) is 0 Å². The van der Waals surface area contributed by atoms with Gasteiger partial charge in [0.1, 0.15) is 17.2 Å². The number of furan rings is 1. The van der Waals surface area contributed by atoms with Crippen LogP contribution < -0.4 is 0 Å². The second kappa shape index (κ2) is 2.48. The molecule has 12 heavy (non-hydrogen) atoms. The Kier molecular flexibility index (Phi) is 1.47. The van der Waals surface area contributed by atoms with E-state index in [1.165, 1.54) is 12.1 Å². The number of hydrogen-bond acceptors (Lipinski definition) is 1. The third-order valence-electron chi connectivity index (χ3n) is 1.70. The van der Waals surface area contributed by atoms with Crippen molar-refractivity contribution < 1.29 is 8.81 Å². The Morgan fingerprint density at radius 1 is 1.33 bits per heavy atom. The normalized spacial score (nSPS) is 10.4. The fourth-order valence-electron chi connectivity index (χ4n) is 1.14. The van der Waals surface area contributed by atoms with Gasteiger partial charge in [-0.05, 0) is 30.3 Å². The van der Waals surface area contributed by atoms with Crippen LogP contribution in [0.25, 0.3) is 17.0 Å². The quantitative estimate of drug-likeness (QED) is 0.627. The van der Waals surface area contributed by atoms with Gasteiger partial charge in [0.15, 0.2) is 0 Å². The molecular weight excluding hydrogens is 155 g/mol. The van der Waals surface area contributed by atoms with Crippen LogP contribution in [0.3, 0.4) is 0 Å². The molecule has 0 atom stereocenters. The highest BCUT2D eigenvalue weighted by molar-refractivity contribution is 5.79. The Hall–Kier alpha value is -1.57. The summed E-state index contributed by atoms with van der Waals surface area (Å²) in [6, 6.07) is 6.17. The van der Waals surface area contributed by atoms with Crippen LogP contribution in [0.1, 0.15) is 5.76 Å². The van der Waals surface area contributed by atoms with E-state index in [1.54, 1.807) is 18.2 Å². The first kappa shape index (κ1) is 7.10. The molecule has 0 aliphatic carbocycles. The van der Waals surface area contributed by atoms with Crippen LogP contribution in [0.15, 0.2) is 35.3 Å². The van der Waals surface area contributed by atoms with Crippen molar-refractivity contribution in [2.45, 2.75) is 0 Å². The Labute approximate surface area is 69.1 Å². The molecule has 0 unspecified atom stereocenters. The molecule has 1 aromatic carbocycles. The molecule has 0 aliphatic heterocycles. The monoisotopic (exact) mass is 162 g/mol. The van der Waals surface area contributed by atoms with Gasteiger partial charge in [0.05, 0.1) is 0 Å². The summed E-state index contributed by atoms with van der Waals surface area (Å²) in [6.45, 7) is 3.56. The molecule has 0 fully saturated rings. The highest BCUT2D eigenvalue weighted by Crippen LogP contribution is 2.20. The lowest BCUT2D eigenvalue weighted by Crippen LogP contribution is -1.68. The van der Waals surface area contributed by atoms with E-state index in [0.29, 0.717) is 11.3 Å². The van der Waals surface area contributed by atoms with E-state index in [0.717, 1.165) is 5.39 Å². The number of hydrogen-bond donors (Lipinski definition) is 0. The summed E-state index contributed by atoms with van der Waals surface area (Å²) in [5, 5.41) is 0.768. The molecule has 0 N–H and O–H groups in total. The SMILES string of the molecule is C=Cc1cc2cc(F)ccc2o1. The zero-order valence-corrected chi connectivity index (χ0v) is 6.38. The molecule has 1 nitrogen and oxygen atoms in total. The van der Waals surface area contributed by atoms with Gasteiger partial charge in [-0.3, -0.25) is 0 Å². The summed E-state index contributed by atoms with van der Waals surface area (Å²) in [5.74, 6) is 0.412. The van der Waals surface area contributed by atoms with Crippen LogP contribution >= 0.6 is 0 Å². The molecule has 1 aromatic heterocycles. The van der Waals surface area contributed by atoms with Crippen LogP contribution in [0.5, 0.6) is 0 Å². The van der Waals surface area contributed by atoms with Gasteiger partial charge in [0, 0.05) is 5.39 Å². The van der Waals surface area contributed by atoms with Gasteiger partial charge >= 0.3 is 0 Å². The van der Waals surface area contributed by atoms with E-state index in [9.17, 15) is 4.39 Å². The van der Waals surface area contributed by atoms with Crippen LogP contribution in [0, 0.1) is 5.82 Å². The second-order valence-corrected chi connectivity index (χ2v) is 2.54. The van der Waals surface area contributed by atoms with Gasteiger partial charge in [-0.2, -0.15) is 0 Å². The van der Waals surface area contributed by atoms with Gasteiger partial charge < -0.3 is 4.42 Å². The topological polar surface area (TPSA) is 13.1 Å². The molecule has 2 rings (SSSR count). The van der Waals surface area contributed by atoms with Crippen LogP contribution in [-0.2, 0) is 0 Å². The van der Waals surface area contributed by atoms with Crippen molar-refractivity contribution in [2.24, 2.45) is 0 Å². The Morgan fingerprint density at radius 2 is 2.17 bits per heavy atom. The second-order valence-electron chi connectivity index (χ2n) is 2.54. The lowest BCUT2D eigenvalue weighted by molar-refractivity contribution is 0.600. The van der Waals surface area contributed by atoms with E-state index < -0.39 is 0 Å². The van der Waals surface area contributed by atoms with E-state index in [4.69, 9.17) is 4.42 Å². The molecule has 0 radical (unpaired) electrons. The molecule has 0 aliphatic rings. The molecule has 0 saturated heterocycles. The van der Waals surface area contributed by atoms with E-state index in [2.05, 4.69) is 6.58 Å². The summed E-state index contributed by atoms with van der Waals surface area (Å²) >= 11 is 0. The third-order valence-corrected chi connectivity index (χ3v) is 1.70. The molecule has 2 aromatic rings. The van der Waals surface area contributed by atoms with Crippen molar-refractivity contribution in [1.29, 1.82) is 0 Å². The summed E-state index contributed by atoms with van der Waals surface area (Å²) in [6.07, 6.45) is 1.60. The largest absolute Gasteiger partial charge is 0.457 e. The third kappa shape index (κ3) is 1.01. The fraction of sp³-hybridized carbons (Fsp3) is 0. The van der Waals surface area contributed by atoms with Crippen molar-refractivity contribution in [2.75, 3.05) is 0 Å². The predicted molar refractivity (Wildman–Crippen MR) is 46.3 cm³/mol. The minimum atomic E-state index is -0.251. The summed E-state index contributed by atoms with van der Waals surface area (Å²) in [4.78, 5) is 0. The minimum absolute atomic E-state index is 0.251. The number of benzene rings is 1. The first-order valence-corrected chi connectivity index (χ1v) is 3.61. The molecule has 0 bridgehead atoms. The molecule has 0 spiro atoms. The first-order valence-electron chi connectivity index (χ1n) is 3.61. The van der Waals surface area contributed by atoms with Gasteiger partial charge in [-0.25, -0.2) is 4.39 Å². The van der Waals surface area contributed by atoms with E-state index in [1.807, 2.05) is 0 Å². The highest BCUT2D eigenvalue weighted by Gasteiger charge is 2.00. The zero-order chi connectivity index (χ0) is 8.55. The summed E-state index contributed by atoms with van der Waals surface area (Å²) in [5.41, 5.74) is 0.686. The summed E-state index contributed by atoms with van der Waals surface area (Å²) < 4.78 is 18.0. The molecule has 1 heterocycles. The maximum Gasteiger partial charge on any atom is 0.134 e. The Balaban J connectivity index is 2.75.